The van der Waals surface area contributed by atoms with Crippen LogP contribution in [0.5, 0.6) is 11.5 Å². The maximum absolute atomic E-state index is 11.3. The summed E-state index contributed by atoms with van der Waals surface area (Å²) in [7, 11) is 2.91. The molecular formula is C27H32N6O6S. The number of carbonyl (C=O) groups excluding carboxylic acids is 2. The Bertz CT molecular complexity index is 1470. The molecule has 12 nitrogen and oxygen atoms in total. The number of hydrogen-bond acceptors (Lipinski definition) is 10. The number of nitrogens with zero attached hydrogens (tertiary/aromatic N) is 3. The Kier molecular flexibility index (Phi) is 9.73. The number of hydrogen-bond donors (Lipinski definition) is 3. The molecule has 0 fully saturated rings. The quantitative estimate of drug-likeness (QED) is 0.159. The number of alkyl carbamates (subject to hydrolysis) is 1. The van der Waals surface area contributed by atoms with Crippen molar-refractivity contribution in [2.24, 2.45) is 0 Å². The summed E-state index contributed by atoms with van der Waals surface area (Å²) >= 11 is 1.36. The van der Waals surface area contributed by atoms with Crippen LogP contribution in [0.1, 0.15) is 30.5 Å². The summed E-state index contributed by atoms with van der Waals surface area (Å²) in [6, 6.07) is 9.81. The first-order valence-electron chi connectivity index (χ1n) is 12.6. The molecule has 2 amide bonds. The van der Waals surface area contributed by atoms with Gasteiger partial charge >= 0.3 is 6.09 Å². The average molecular weight is 569 g/mol. The molecule has 0 saturated carbocycles. The van der Waals surface area contributed by atoms with Crippen LogP contribution in [-0.2, 0) is 29.0 Å². The van der Waals surface area contributed by atoms with E-state index in [1.807, 2.05) is 30.5 Å². The molecule has 0 aliphatic heterocycles. The molecule has 3 N–H and O–H groups in total. The standard InChI is InChI=1S/C27H32N6O6S/c1-5-18-6-7-21(38-9-8-28-17(2)34)24(12-18)40-32-26-25-22(36-3)10-19(11-23(25)39-31-26)15-33-16-20(14-30-33)13-29-27(35)37-4/h6-7,10-12,14,16H,5,8-9,13,15H2,1-4H3,(H,28,34)(H,29,35)(H,31,32). The van der Waals surface area contributed by atoms with Gasteiger partial charge in [-0.25, -0.2) is 4.79 Å². The summed E-state index contributed by atoms with van der Waals surface area (Å²) < 4.78 is 26.9. The van der Waals surface area contributed by atoms with Crippen LogP contribution >= 0.6 is 11.9 Å². The zero-order chi connectivity index (χ0) is 28.5. The van der Waals surface area contributed by atoms with Crippen LogP contribution in [0, 0.1) is 0 Å². The number of fused-ring (bicyclic) bond motifs is 1. The van der Waals surface area contributed by atoms with Crippen molar-refractivity contribution in [2.75, 3.05) is 32.1 Å². The lowest BCUT2D eigenvalue weighted by Crippen LogP contribution is -2.25. The number of nitrogens with one attached hydrogen (secondary N) is 3. The molecule has 0 unspecified atom stereocenters. The second-order valence-corrected chi connectivity index (χ2v) is 9.61. The second-order valence-electron chi connectivity index (χ2n) is 8.76. The van der Waals surface area contributed by atoms with E-state index in [4.69, 9.17) is 14.0 Å². The maximum Gasteiger partial charge on any atom is 0.407 e. The SMILES string of the molecule is CCc1ccc(OCCNC(C)=O)c(SNc2noc3cc(Cn4cc(CNC(=O)OC)cn4)cc(OC)c23)c1. The number of ether oxygens (including phenoxy) is 3. The Morgan fingerprint density at radius 1 is 1.07 bits per heavy atom. The van der Waals surface area contributed by atoms with Crippen molar-refractivity contribution in [3.8, 4) is 11.5 Å². The van der Waals surface area contributed by atoms with E-state index in [1.54, 1.807) is 18.0 Å². The number of methoxy groups -OCH3 is 2. The molecule has 2 aromatic carbocycles. The van der Waals surface area contributed by atoms with E-state index < -0.39 is 6.09 Å². The van der Waals surface area contributed by atoms with Gasteiger partial charge in [-0.1, -0.05) is 18.1 Å². The van der Waals surface area contributed by atoms with Crippen molar-refractivity contribution in [2.45, 2.75) is 38.3 Å². The highest BCUT2D eigenvalue weighted by molar-refractivity contribution is 8.00. The highest BCUT2D eigenvalue weighted by Gasteiger charge is 2.17. The van der Waals surface area contributed by atoms with Gasteiger partial charge in [-0.2, -0.15) is 5.10 Å². The van der Waals surface area contributed by atoms with Gasteiger partial charge in [0.1, 0.15) is 23.5 Å². The van der Waals surface area contributed by atoms with E-state index in [-0.39, 0.29) is 5.91 Å². The van der Waals surface area contributed by atoms with Crippen molar-refractivity contribution in [3.63, 3.8) is 0 Å². The lowest BCUT2D eigenvalue weighted by molar-refractivity contribution is -0.119. The monoisotopic (exact) mass is 568 g/mol. The molecule has 212 valence electrons. The molecule has 0 radical (unpaired) electrons. The molecule has 4 aromatic rings. The Morgan fingerprint density at radius 2 is 1.93 bits per heavy atom. The highest BCUT2D eigenvalue weighted by Crippen LogP contribution is 2.37. The maximum atomic E-state index is 11.3. The van der Waals surface area contributed by atoms with Crippen molar-refractivity contribution >= 4 is 40.7 Å². The van der Waals surface area contributed by atoms with Gasteiger partial charge in [0.05, 0.1) is 38.4 Å². The molecule has 2 heterocycles. The van der Waals surface area contributed by atoms with Crippen molar-refractivity contribution in [1.29, 1.82) is 0 Å². The van der Waals surface area contributed by atoms with Crippen LogP contribution in [0.4, 0.5) is 10.6 Å². The highest BCUT2D eigenvalue weighted by atomic mass is 32.2. The number of anilines is 1. The van der Waals surface area contributed by atoms with E-state index in [0.717, 1.165) is 28.0 Å². The predicted octanol–water partition coefficient (Wildman–Crippen LogP) is 4.13. The fourth-order valence-electron chi connectivity index (χ4n) is 3.89. The van der Waals surface area contributed by atoms with E-state index >= 15 is 0 Å². The van der Waals surface area contributed by atoms with E-state index in [9.17, 15) is 9.59 Å². The Hall–Kier alpha value is -4.39. The largest absolute Gasteiger partial charge is 0.496 e. The topological polar surface area (TPSA) is 142 Å². The third kappa shape index (κ3) is 7.38. The predicted molar refractivity (Wildman–Crippen MR) is 151 cm³/mol. The van der Waals surface area contributed by atoms with Gasteiger partial charge in [0.25, 0.3) is 0 Å². The van der Waals surface area contributed by atoms with Gasteiger partial charge in [0, 0.05) is 25.2 Å². The fraction of sp³-hybridized carbons (Fsp3) is 0.333. The Labute approximate surface area is 235 Å². The molecule has 0 saturated heterocycles. The molecule has 0 bridgehead atoms. The van der Waals surface area contributed by atoms with Crippen LogP contribution in [-0.4, -0.2) is 54.3 Å². The van der Waals surface area contributed by atoms with Crippen LogP contribution in [0.25, 0.3) is 11.0 Å². The number of benzene rings is 2. The number of aromatic nitrogens is 3. The fourth-order valence-corrected chi connectivity index (χ4v) is 4.68. The number of rotatable bonds is 13. The van der Waals surface area contributed by atoms with Gasteiger partial charge < -0.3 is 34.1 Å². The Morgan fingerprint density at radius 3 is 2.67 bits per heavy atom. The first-order chi connectivity index (χ1) is 19.4. The summed E-state index contributed by atoms with van der Waals surface area (Å²) in [6.07, 6.45) is 3.91. The second kappa shape index (κ2) is 13.6. The van der Waals surface area contributed by atoms with Crippen LogP contribution < -0.4 is 24.8 Å². The van der Waals surface area contributed by atoms with E-state index in [0.29, 0.717) is 54.5 Å². The lowest BCUT2D eigenvalue weighted by Gasteiger charge is -2.13. The van der Waals surface area contributed by atoms with Crippen molar-refractivity contribution in [1.82, 2.24) is 25.6 Å². The van der Waals surface area contributed by atoms with Crippen LogP contribution in [0.15, 0.2) is 52.1 Å². The minimum atomic E-state index is -0.500. The first kappa shape index (κ1) is 28.6. The van der Waals surface area contributed by atoms with Crippen LogP contribution in [0.2, 0.25) is 0 Å². The van der Waals surface area contributed by atoms with Gasteiger partial charge in [-0.05, 0) is 53.8 Å². The van der Waals surface area contributed by atoms with E-state index in [2.05, 4.69) is 43.3 Å². The summed E-state index contributed by atoms with van der Waals surface area (Å²) in [5, 5.41) is 14.7. The zero-order valence-corrected chi connectivity index (χ0v) is 23.6. The lowest BCUT2D eigenvalue weighted by atomic mass is 10.1. The molecule has 4 rings (SSSR count). The van der Waals surface area contributed by atoms with Gasteiger partial charge in [-0.3, -0.25) is 9.48 Å². The van der Waals surface area contributed by atoms with Gasteiger partial charge in [0.15, 0.2) is 11.4 Å². The van der Waals surface area contributed by atoms with Crippen LogP contribution in [0.3, 0.4) is 0 Å². The molecule has 0 spiro atoms. The summed E-state index contributed by atoms with van der Waals surface area (Å²) in [6.45, 7) is 5.10. The van der Waals surface area contributed by atoms with Crippen molar-refractivity contribution < 1.29 is 28.3 Å². The minimum Gasteiger partial charge on any atom is -0.496 e. The first-order valence-corrected chi connectivity index (χ1v) is 13.4. The number of aryl methyl sites for hydroxylation is 1. The molecular weight excluding hydrogens is 536 g/mol. The molecule has 2 aromatic heterocycles. The van der Waals surface area contributed by atoms with E-state index in [1.165, 1.54) is 26.0 Å². The molecule has 0 atom stereocenters. The van der Waals surface area contributed by atoms with Crippen molar-refractivity contribution in [3.05, 3.63) is 59.4 Å². The minimum absolute atomic E-state index is 0.0986. The molecule has 40 heavy (non-hydrogen) atoms. The molecule has 13 heteroatoms. The average Bonchev–Trinajstić information content (AvgIpc) is 3.59. The number of carbonyl (C=O) groups is 2. The third-order valence-electron chi connectivity index (χ3n) is 5.88. The summed E-state index contributed by atoms with van der Waals surface area (Å²) in [5.74, 6) is 1.72. The van der Waals surface area contributed by atoms with Gasteiger partial charge in [-0.15, -0.1) is 0 Å². The smallest absolute Gasteiger partial charge is 0.407 e. The number of amides is 2. The normalized spacial score (nSPS) is 10.8. The molecule has 0 aliphatic carbocycles. The Balaban J connectivity index is 1.48. The molecule has 0 aliphatic rings. The third-order valence-corrected chi connectivity index (χ3v) is 6.71. The summed E-state index contributed by atoms with van der Waals surface area (Å²) in [5.41, 5.74) is 3.47. The zero-order valence-electron chi connectivity index (χ0n) is 22.8. The summed E-state index contributed by atoms with van der Waals surface area (Å²) in [4.78, 5) is 23.3. The van der Waals surface area contributed by atoms with Gasteiger partial charge in [0.2, 0.25) is 5.91 Å².